The van der Waals surface area contributed by atoms with Crippen molar-refractivity contribution in [3.8, 4) is 56.7 Å². The monoisotopic (exact) mass is 805 g/mol. The highest BCUT2D eigenvalue weighted by Crippen LogP contribution is 2.44. The van der Waals surface area contributed by atoms with Crippen LogP contribution in [0, 0.1) is 0 Å². The minimum absolute atomic E-state index is 0.582. The van der Waals surface area contributed by atoms with Crippen molar-refractivity contribution in [3.63, 3.8) is 0 Å². The van der Waals surface area contributed by atoms with Crippen molar-refractivity contribution in [2.75, 3.05) is 0 Å². The normalized spacial score (nSPS) is 11.8. The SMILES string of the molecule is c1ccc(-c2nc(-c3ccccc3)nc(-c3ccc4c(c3)oc3cc(-n5c6ccccc6c6cc7c8ccccc8n(-c8ccccc8)c7cc65)cc(-c5ccccc5)c34)n2)cc1. The van der Waals surface area contributed by atoms with Crippen molar-refractivity contribution >= 4 is 65.6 Å². The van der Waals surface area contributed by atoms with Crippen LogP contribution in [0.15, 0.2) is 217 Å². The number of benzene rings is 9. The van der Waals surface area contributed by atoms with E-state index in [0.717, 1.165) is 77.7 Å². The molecule has 0 bridgehead atoms. The Labute approximate surface area is 361 Å². The molecule has 0 unspecified atom stereocenters. The smallest absolute Gasteiger partial charge is 0.164 e. The van der Waals surface area contributed by atoms with Gasteiger partial charge in [-0.05, 0) is 65.7 Å². The van der Waals surface area contributed by atoms with E-state index in [2.05, 4.69) is 161 Å². The zero-order chi connectivity index (χ0) is 41.4. The average Bonchev–Trinajstić information content (AvgIpc) is 4.00. The summed E-state index contributed by atoms with van der Waals surface area (Å²) in [6.07, 6.45) is 0. The number of rotatable bonds is 6. The lowest BCUT2D eigenvalue weighted by Gasteiger charge is -2.13. The Morgan fingerprint density at radius 3 is 1.38 bits per heavy atom. The van der Waals surface area contributed by atoms with Crippen LogP contribution in [-0.4, -0.2) is 24.1 Å². The molecule has 9 aromatic carbocycles. The second-order valence-corrected chi connectivity index (χ2v) is 16.0. The quantitative estimate of drug-likeness (QED) is 0.168. The molecule has 0 aliphatic heterocycles. The van der Waals surface area contributed by atoms with Gasteiger partial charge in [-0.3, -0.25) is 0 Å². The molecular weight excluding hydrogens is 771 g/mol. The van der Waals surface area contributed by atoms with E-state index in [1.807, 2.05) is 60.7 Å². The number of hydrogen-bond donors (Lipinski definition) is 0. The molecule has 0 aliphatic rings. The summed E-state index contributed by atoms with van der Waals surface area (Å²) in [6, 6.07) is 74.5. The molecule has 0 radical (unpaired) electrons. The number of nitrogens with zero attached hydrogens (tertiary/aromatic N) is 5. The molecule has 0 N–H and O–H groups in total. The van der Waals surface area contributed by atoms with Crippen LogP contribution < -0.4 is 0 Å². The van der Waals surface area contributed by atoms with E-state index in [1.54, 1.807) is 0 Å². The van der Waals surface area contributed by atoms with Crippen LogP contribution >= 0.6 is 0 Å². The van der Waals surface area contributed by atoms with Gasteiger partial charge in [0.15, 0.2) is 17.5 Å². The number of hydrogen-bond acceptors (Lipinski definition) is 4. The first-order valence-corrected chi connectivity index (χ1v) is 21.2. The Balaban J connectivity index is 1.05. The minimum atomic E-state index is 0.582. The third kappa shape index (κ3) is 5.62. The fourth-order valence-corrected chi connectivity index (χ4v) is 9.51. The van der Waals surface area contributed by atoms with Crippen molar-refractivity contribution in [2.45, 2.75) is 0 Å². The van der Waals surface area contributed by atoms with Crippen LogP contribution in [0.3, 0.4) is 0 Å². The minimum Gasteiger partial charge on any atom is -0.456 e. The molecule has 0 amide bonds. The van der Waals surface area contributed by atoms with Gasteiger partial charge in [0.25, 0.3) is 0 Å². The van der Waals surface area contributed by atoms with Gasteiger partial charge < -0.3 is 13.6 Å². The first-order valence-electron chi connectivity index (χ1n) is 21.2. The van der Waals surface area contributed by atoms with Crippen LogP contribution in [0.5, 0.6) is 0 Å². The average molecular weight is 806 g/mol. The second-order valence-electron chi connectivity index (χ2n) is 16.0. The summed E-state index contributed by atoms with van der Waals surface area (Å²) in [5.41, 5.74) is 13.2. The Morgan fingerprint density at radius 1 is 0.302 bits per heavy atom. The molecule has 0 aliphatic carbocycles. The third-order valence-corrected chi connectivity index (χ3v) is 12.3. The van der Waals surface area contributed by atoms with E-state index in [-0.39, 0.29) is 0 Å². The lowest BCUT2D eigenvalue weighted by atomic mass is 9.98. The van der Waals surface area contributed by atoms with Crippen LogP contribution in [0.4, 0.5) is 0 Å². The van der Waals surface area contributed by atoms with Crippen molar-refractivity contribution < 1.29 is 4.42 Å². The Morgan fingerprint density at radius 2 is 0.794 bits per heavy atom. The van der Waals surface area contributed by atoms with Gasteiger partial charge in [-0.15, -0.1) is 0 Å². The summed E-state index contributed by atoms with van der Waals surface area (Å²) in [7, 11) is 0. The Hall–Kier alpha value is -8.61. The summed E-state index contributed by atoms with van der Waals surface area (Å²) in [5, 5.41) is 6.94. The summed E-state index contributed by atoms with van der Waals surface area (Å²) in [6.45, 7) is 0. The van der Waals surface area contributed by atoms with Gasteiger partial charge in [0.05, 0.1) is 27.8 Å². The standard InChI is InChI=1S/C57H35N5O/c1-5-17-36(18-6-1)45-32-41(62-49-28-16-14-26-43(49)47-34-46-42-25-13-15-27-48(42)61(50(46)35-51(47)62)40-23-11-4-12-24-40)33-53-54(45)44-30-29-39(31-52(44)63-53)57-59-55(37-19-7-2-8-20-37)58-56(60-57)38-21-9-3-10-22-38/h1-35H. The molecule has 294 valence electrons. The maximum absolute atomic E-state index is 6.97. The van der Waals surface area contributed by atoms with E-state index in [0.29, 0.717) is 17.5 Å². The zero-order valence-electron chi connectivity index (χ0n) is 33.9. The van der Waals surface area contributed by atoms with E-state index in [4.69, 9.17) is 19.4 Å². The predicted octanol–water partition coefficient (Wildman–Crippen LogP) is 14.6. The molecule has 6 nitrogen and oxygen atoms in total. The van der Waals surface area contributed by atoms with Crippen molar-refractivity contribution in [2.24, 2.45) is 0 Å². The fraction of sp³-hybridized carbons (Fsp3) is 0. The molecule has 4 heterocycles. The number of aromatic nitrogens is 5. The molecule has 0 atom stereocenters. The molecule has 0 saturated heterocycles. The highest BCUT2D eigenvalue weighted by Gasteiger charge is 2.22. The molecule has 13 aromatic rings. The maximum Gasteiger partial charge on any atom is 0.164 e. The lowest BCUT2D eigenvalue weighted by Crippen LogP contribution is -2.00. The first kappa shape index (κ1) is 35.2. The van der Waals surface area contributed by atoms with Crippen molar-refractivity contribution in [1.29, 1.82) is 0 Å². The summed E-state index contributed by atoms with van der Waals surface area (Å²) in [5.74, 6) is 1.82. The van der Waals surface area contributed by atoms with E-state index in [1.165, 1.54) is 27.1 Å². The lowest BCUT2D eigenvalue weighted by molar-refractivity contribution is 0.669. The molecule has 63 heavy (non-hydrogen) atoms. The Bertz CT molecular complexity index is 3830. The maximum atomic E-state index is 6.97. The van der Waals surface area contributed by atoms with Gasteiger partial charge in [-0.2, -0.15) is 0 Å². The van der Waals surface area contributed by atoms with Crippen LogP contribution in [0.2, 0.25) is 0 Å². The molecule has 0 spiro atoms. The van der Waals surface area contributed by atoms with Crippen LogP contribution in [0.25, 0.3) is 122 Å². The number of fused-ring (bicyclic) bond motifs is 9. The van der Waals surface area contributed by atoms with Gasteiger partial charge in [0.1, 0.15) is 11.2 Å². The van der Waals surface area contributed by atoms with Crippen molar-refractivity contribution in [3.05, 3.63) is 212 Å². The largest absolute Gasteiger partial charge is 0.456 e. The molecule has 4 aromatic heterocycles. The molecule has 6 heteroatoms. The molecular formula is C57H35N5O. The van der Waals surface area contributed by atoms with Gasteiger partial charge in [0.2, 0.25) is 0 Å². The van der Waals surface area contributed by atoms with E-state index >= 15 is 0 Å². The van der Waals surface area contributed by atoms with E-state index in [9.17, 15) is 0 Å². The fourth-order valence-electron chi connectivity index (χ4n) is 9.51. The summed E-state index contributed by atoms with van der Waals surface area (Å²) >= 11 is 0. The van der Waals surface area contributed by atoms with Crippen LogP contribution in [0.1, 0.15) is 0 Å². The predicted molar refractivity (Wildman–Crippen MR) is 258 cm³/mol. The summed E-state index contributed by atoms with van der Waals surface area (Å²) < 4.78 is 11.8. The highest BCUT2D eigenvalue weighted by molar-refractivity contribution is 6.20. The highest BCUT2D eigenvalue weighted by atomic mass is 16.3. The second kappa shape index (κ2) is 14.0. The van der Waals surface area contributed by atoms with Gasteiger partial charge in [-0.1, -0.05) is 152 Å². The molecule has 13 rings (SSSR count). The van der Waals surface area contributed by atoms with Gasteiger partial charge in [-0.25, -0.2) is 15.0 Å². The molecule has 0 saturated carbocycles. The zero-order valence-corrected chi connectivity index (χ0v) is 33.9. The van der Waals surface area contributed by atoms with Gasteiger partial charge in [0, 0.05) is 60.8 Å². The Kier molecular flexibility index (Phi) is 7.80. The first-order chi connectivity index (χ1) is 31.2. The number of para-hydroxylation sites is 3. The number of furan rings is 1. The molecule has 0 fully saturated rings. The van der Waals surface area contributed by atoms with Crippen LogP contribution in [-0.2, 0) is 0 Å². The third-order valence-electron chi connectivity index (χ3n) is 12.3. The topological polar surface area (TPSA) is 61.7 Å². The van der Waals surface area contributed by atoms with E-state index < -0.39 is 0 Å². The van der Waals surface area contributed by atoms with Crippen molar-refractivity contribution in [1.82, 2.24) is 24.1 Å². The summed E-state index contributed by atoms with van der Waals surface area (Å²) in [4.78, 5) is 15.0. The van der Waals surface area contributed by atoms with Gasteiger partial charge >= 0.3 is 0 Å².